The van der Waals surface area contributed by atoms with Gasteiger partial charge in [-0.1, -0.05) is 33.1 Å². The molecule has 84 valence electrons. The van der Waals surface area contributed by atoms with Crippen LogP contribution in [0.3, 0.4) is 0 Å². The average Bonchev–Trinajstić information content (AvgIpc) is 2.17. The Bertz CT molecular complexity index is 162. The summed E-state index contributed by atoms with van der Waals surface area (Å²) < 4.78 is 0. The normalized spacial score (nSPS) is 22.3. The second-order valence-electron chi connectivity index (χ2n) is 4.72. The Labute approximate surface area is 87.6 Å². The fourth-order valence-electron chi connectivity index (χ4n) is 2.08. The summed E-state index contributed by atoms with van der Waals surface area (Å²) in [6.45, 7) is 4.23. The summed E-state index contributed by atoms with van der Waals surface area (Å²) in [6.07, 6.45) is 7.47. The summed E-state index contributed by atoms with van der Waals surface area (Å²) in [6, 6.07) is 0.535. The van der Waals surface area contributed by atoms with Crippen LogP contribution in [0, 0.1) is 5.92 Å². The second-order valence-corrected chi connectivity index (χ2v) is 4.72. The highest BCUT2D eigenvalue weighted by atomic mass is 15.2. The van der Waals surface area contributed by atoms with E-state index in [2.05, 4.69) is 19.2 Å². The minimum atomic E-state index is -0.684. The maximum absolute atomic E-state index is 6.07. The van der Waals surface area contributed by atoms with Crippen LogP contribution in [0.15, 0.2) is 0 Å². The van der Waals surface area contributed by atoms with E-state index in [0.29, 0.717) is 12.0 Å². The van der Waals surface area contributed by atoms with Crippen molar-refractivity contribution in [3.8, 4) is 0 Å². The van der Waals surface area contributed by atoms with Crippen molar-refractivity contribution in [1.82, 2.24) is 5.32 Å². The SMILES string of the molecule is CCC(C)C(N)(N)NC1CCCCC1. The van der Waals surface area contributed by atoms with E-state index in [9.17, 15) is 0 Å². The molecule has 14 heavy (non-hydrogen) atoms. The van der Waals surface area contributed by atoms with Gasteiger partial charge in [0.2, 0.25) is 0 Å². The fraction of sp³-hybridized carbons (Fsp3) is 1.00. The molecule has 0 aromatic rings. The molecule has 5 N–H and O–H groups in total. The standard InChI is InChI=1S/C11H25N3/c1-3-9(2)11(12,13)14-10-7-5-4-6-8-10/h9-10,14H,3-8,12-13H2,1-2H3. The predicted molar refractivity (Wildman–Crippen MR) is 60.6 cm³/mol. The molecule has 1 unspecified atom stereocenters. The van der Waals surface area contributed by atoms with Gasteiger partial charge < -0.3 is 11.5 Å². The number of nitrogens with one attached hydrogen (secondary N) is 1. The van der Waals surface area contributed by atoms with Gasteiger partial charge in [0.15, 0.2) is 0 Å². The molecule has 0 aliphatic heterocycles. The van der Waals surface area contributed by atoms with E-state index in [1.165, 1.54) is 32.1 Å². The lowest BCUT2D eigenvalue weighted by atomic mass is 9.93. The van der Waals surface area contributed by atoms with Crippen LogP contribution in [-0.4, -0.2) is 11.8 Å². The highest BCUT2D eigenvalue weighted by molar-refractivity contribution is 4.85. The lowest BCUT2D eigenvalue weighted by Crippen LogP contribution is -2.67. The van der Waals surface area contributed by atoms with Crippen LogP contribution in [-0.2, 0) is 0 Å². The summed E-state index contributed by atoms with van der Waals surface area (Å²) in [5, 5.41) is 3.40. The first-order valence-corrected chi connectivity index (χ1v) is 5.91. The van der Waals surface area contributed by atoms with Crippen LogP contribution in [0.25, 0.3) is 0 Å². The summed E-state index contributed by atoms with van der Waals surface area (Å²) in [4.78, 5) is 0. The average molecular weight is 199 g/mol. The third-order valence-electron chi connectivity index (χ3n) is 3.49. The van der Waals surface area contributed by atoms with E-state index in [1.807, 2.05) is 0 Å². The molecule has 1 rings (SSSR count). The van der Waals surface area contributed by atoms with Gasteiger partial charge in [0.1, 0.15) is 5.79 Å². The second kappa shape index (κ2) is 5.10. The fourth-order valence-corrected chi connectivity index (χ4v) is 2.08. The molecule has 0 saturated heterocycles. The quantitative estimate of drug-likeness (QED) is 0.602. The van der Waals surface area contributed by atoms with Gasteiger partial charge in [0.05, 0.1) is 0 Å². The van der Waals surface area contributed by atoms with Crippen LogP contribution < -0.4 is 16.8 Å². The Balaban J connectivity index is 2.40. The van der Waals surface area contributed by atoms with Crippen molar-refractivity contribution in [2.45, 2.75) is 64.2 Å². The van der Waals surface area contributed by atoms with Crippen LogP contribution >= 0.6 is 0 Å². The molecule has 0 amide bonds. The van der Waals surface area contributed by atoms with E-state index >= 15 is 0 Å². The van der Waals surface area contributed by atoms with Gasteiger partial charge in [0.25, 0.3) is 0 Å². The van der Waals surface area contributed by atoms with Gasteiger partial charge in [-0.2, -0.15) is 0 Å². The molecule has 3 nitrogen and oxygen atoms in total. The Morgan fingerprint density at radius 1 is 1.29 bits per heavy atom. The van der Waals surface area contributed by atoms with Gasteiger partial charge in [-0.25, -0.2) is 0 Å². The zero-order valence-corrected chi connectivity index (χ0v) is 9.55. The lowest BCUT2D eigenvalue weighted by Gasteiger charge is -2.37. The number of nitrogens with two attached hydrogens (primary N) is 2. The van der Waals surface area contributed by atoms with Gasteiger partial charge >= 0.3 is 0 Å². The maximum Gasteiger partial charge on any atom is 0.121 e. The lowest BCUT2D eigenvalue weighted by molar-refractivity contribution is 0.185. The minimum Gasteiger partial charge on any atom is -0.301 e. The Morgan fingerprint density at radius 2 is 1.86 bits per heavy atom. The molecule has 1 fully saturated rings. The van der Waals surface area contributed by atoms with Crippen molar-refractivity contribution >= 4 is 0 Å². The van der Waals surface area contributed by atoms with E-state index in [0.717, 1.165) is 6.42 Å². The van der Waals surface area contributed by atoms with Crippen molar-refractivity contribution in [3.05, 3.63) is 0 Å². The Morgan fingerprint density at radius 3 is 2.36 bits per heavy atom. The maximum atomic E-state index is 6.07. The van der Waals surface area contributed by atoms with Crippen LogP contribution in [0.5, 0.6) is 0 Å². The van der Waals surface area contributed by atoms with Crippen molar-refractivity contribution in [1.29, 1.82) is 0 Å². The first-order chi connectivity index (χ1) is 6.56. The molecule has 0 radical (unpaired) electrons. The Kier molecular flexibility index (Phi) is 4.35. The molecule has 0 spiro atoms. The summed E-state index contributed by atoms with van der Waals surface area (Å²) >= 11 is 0. The predicted octanol–water partition coefficient (Wildman–Crippen LogP) is 1.53. The summed E-state index contributed by atoms with van der Waals surface area (Å²) in [5.74, 6) is -0.360. The zero-order valence-electron chi connectivity index (χ0n) is 9.55. The molecule has 1 aliphatic carbocycles. The first kappa shape index (κ1) is 12.0. The monoisotopic (exact) mass is 199 g/mol. The molecule has 1 atom stereocenters. The molecule has 0 aromatic carbocycles. The third kappa shape index (κ3) is 3.23. The molecule has 0 aromatic heterocycles. The van der Waals surface area contributed by atoms with Gasteiger partial charge in [-0.05, 0) is 19.3 Å². The minimum absolute atomic E-state index is 0.324. The number of rotatable bonds is 4. The summed E-state index contributed by atoms with van der Waals surface area (Å²) in [5.41, 5.74) is 12.1. The van der Waals surface area contributed by atoms with E-state index in [-0.39, 0.29) is 0 Å². The molecule has 3 heteroatoms. The third-order valence-corrected chi connectivity index (χ3v) is 3.49. The van der Waals surface area contributed by atoms with E-state index < -0.39 is 5.79 Å². The van der Waals surface area contributed by atoms with Gasteiger partial charge in [-0.3, -0.25) is 5.32 Å². The van der Waals surface area contributed by atoms with Crippen molar-refractivity contribution in [3.63, 3.8) is 0 Å². The molecule has 0 heterocycles. The number of hydrogen-bond acceptors (Lipinski definition) is 3. The smallest absolute Gasteiger partial charge is 0.121 e. The highest BCUT2D eigenvalue weighted by Gasteiger charge is 2.28. The van der Waals surface area contributed by atoms with Crippen LogP contribution in [0.1, 0.15) is 52.4 Å². The largest absolute Gasteiger partial charge is 0.301 e. The topological polar surface area (TPSA) is 64.1 Å². The molecular formula is C11H25N3. The van der Waals surface area contributed by atoms with E-state index in [1.54, 1.807) is 0 Å². The number of hydrogen-bond donors (Lipinski definition) is 3. The van der Waals surface area contributed by atoms with Crippen LogP contribution in [0.4, 0.5) is 0 Å². The first-order valence-electron chi connectivity index (χ1n) is 5.91. The Hall–Kier alpha value is -0.120. The van der Waals surface area contributed by atoms with Crippen molar-refractivity contribution < 1.29 is 0 Å². The summed E-state index contributed by atoms with van der Waals surface area (Å²) in [7, 11) is 0. The van der Waals surface area contributed by atoms with Crippen LogP contribution in [0.2, 0.25) is 0 Å². The molecular weight excluding hydrogens is 174 g/mol. The van der Waals surface area contributed by atoms with Crippen molar-refractivity contribution in [2.24, 2.45) is 17.4 Å². The van der Waals surface area contributed by atoms with Crippen molar-refractivity contribution in [2.75, 3.05) is 0 Å². The van der Waals surface area contributed by atoms with E-state index in [4.69, 9.17) is 11.5 Å². The zero-order chi connectivity index (χ0) is 10.6. The van der Waals surface area contributed by atoms with Gasteiger partial charge in [0, 0.05) is 12.0 Å². The molecule has 1 aliphatic rings. The molecule has 0 bridgehead atoms. The highest BCUT2D eigenvalue weighted by Crippen LogP contribution is 2.20. The molecule has 1 saturated carbocycles. The van der Waals surface area contributed by atoms with Gasteiger partial charge in [-0.15, -0.1) is 0 Å².